The number of rotatable bonds is 2. The summed E-state index contributed by atoms with van der Waals surface area (Å²) in [7, 11) is 0. The third-order valence-corrected chi connectivity index (χ3v) is 4.66. The zero-order valence-corrected chi connectivity index (χ0v) is 10.6. The van der Waals surface area contributed by atoms with Crippen LogP contribution in [0.5, 0.6) is 0 Å². The summed E-state index contributed by atoms with van der Waals surface area (Å²) in [4.78, 5) is 33.2. The first kappa shape index (κ1) is 12.2. The first-order valence-electron chi connectivity index (χ1n) is 5.85. The van der Waals surface area contributed by atoms with Gasteiger partial charge in [0.05, 0.1) is 4.92 Å². The average Bonchev–Trinajstić information content (AvgIpc) is 2.91. The average molecular weight is 278 g/mol. The smallest absolute Gasteiger partial charge is 0.286 e. The van der Waals surface area contributed by atoms with Crippen molar-refractivity contribution in [3.05, 3.63) is 39.4 Å². The summed E-state index contributed by atoms with van der Waals surface area (Å²) in [5.74, 6) is -0.293. The second-order valence-electron chi connectivity index (χ2n) is 4.60. The number of thioether (sulfide) groups is 1. The van der Waals surface area contributed by atoms with Gasteiger partial charge in [0.25, 0.3) is 10.9 Å². The Kier molecular flexibility index (Phi) is 2.78. The predicted molar refractivity (Wildman–Crippen MR) is 69.1 cm³/mol. The third kappa shape index (κ3) is 1.99. The maximum absolute atomic E-state index is 11.7. The van der Waals surface area contributed by atoms with E-state index >= 15 is 0 Å². The molecule has 1 aromatic carbocycles. The number of nitro groups is 1. The van der Waals surface area contributed by atoms with Crippen LogP contribution in [-0.2, 0) is 11.2 Å². The fourth-order valence-corrected chi connectivity index (χ4v) is 3.70. The number of non-ortho nitro benzene ring substituents is 1. The molecule has 98 valence electrons. The van der Waals surface area contributed by atoms with E-state index in [0.717, 1.165) is 29.3 Å². The Hall–Kier alpha value is -1.89. The van der Waals surface area contributed by atoms with E-state index in [-0.39, 0.29) is 22.8 Å². The van der Waals surface area contributed by atoms with Crippen LogP contribution >= 0.6 is 11.8 Å². The largest absolute Gasteiger partial charge is 0.286 e. The molecule has 1 N–H and O–H groups in total. The van der Waals surface area contributed by atoms with Crippen molar-refractivity contribution in [2.45, 2.75) is 24.0 Å². The van der Waals surface area contributed by atoms with Gasteiger partial charge in [-0.05, 0) is 24.0 Å². The molecule has 7 heteroatoms. The molecule has 0 aromatic heterocycles. The fraction of sp³-hybridized carbons (Fsp3) is 0.333. The molecule has 1 aromatic rings. The molecule has 19 heavy (non-hydrogen) atoms. The standard InChI is InChI=1S/C12H10N2O4S/c15-11-10(19-12(16)13-11)9-3-1-6-5-7(14(17)18)2-4-8(6)9/h2,4-5,9-10H,1,3H2,(H,13,15,16)/t9-,10?/m1/s1. The molecule has 1 aliphatic carbocycles. The highest BCUT2D eigenvalue weighted by Gasteiger charge is 2.41. The highest BCUT2D eigenvalue weighted by molar-refractivity contribution is 8.15. The van der Waals surface area contributed by atoms with Gasteiger partial charge in [0.2, 0.25) is 5.91 Å². The number of hydrogen-bond acceptors (Lipinski definition) is 5. The van der Waals surface area contributed by atoms with Crippen molar-refractivity contribution in [1.29, 1.82) is 0 Å². The van der Waals surface area contributed by atoms with Crippen molar-refractivity contribution in [2.75, 3.05) is 0 Å². The van der Waals surface area contributed by atoms with Crippen molar-refractivity contribution in [3.63, 3.8) is 0 Å². The van der Waals surface area contributed by atoms with Gasteiger partial charge in [-0.25, -0.2) is 0 Å². The monoisotopic (exact) mass is 278 g/mol. The van der Waals surface area contributed by atoms with Crippen molar-refractivity contribution in [3.8, 4) is 0 Å². The summed E-state index contributed by atoms with van der Waals surface area (Å²) in [6.07, 6.45) is 1.45. The van der Waals surface area contributed by atoms with Crippen molar-refractivity contribution >= 4 is 28.6 Å². The summed E-state index contributed by atoms with van der Waals surface area (Å²) in [6.45, 7) is 0. The number of aryl methyl sites for hydroxylation is 1. The van der Waals surface area contributed by atoms with Gasteiger partial charge in [0.1, 0.15) is 5.25 Å². The number of amides is 2. The maximum atomic E-state index is 11.7. The Balaban J connectivity index is 1.92. The Morgan fingerprint density at radius 2 is 2.16 bits per heavy atom. The molecule has 2 amide bonds. The lowest BCUT2D eigenvalue weighted by Crippen LogP contribution is -2.27. The van der Waals surface area contributed by atoms with Gasteiger partial charge in [0.15, 0.2) is 0 Å². The molecule has 2 atom stereocenters. The maximum Gasteiger partial charge on any atom is 0.286 e. The van der Waals surface area contributed by atoms with Gasteiger partial charge in [-0.2, -0.15) is 0 Å². The van der Waals surface area contributed by atoms with Crippen LogP contribution in [0.4, 0.5) is 10.5 Å². The molecule has 1 fully saturated rings. The lowest BCUT2D eigenvalue weighted by atomic mass is 9.97. The van der Waals surface area contributed by atoms with E-state index in [2.05, 4.69) is 5.32 Å². The molecule has 1 saturated heterocycles. The first-order valence-corrected chi connectivity index (χ1v) is 6.73. The van der Waals surface area contributed by atoms with E-state index in [4.69, 9.17) is 0 Å². The Labute approximate surface area is 112 Å². The number of nitrogens with zero attached hydrogens (tertiary/aromatic N) is 1. The predicted octanol–water partition coefficient (Wildman–Crippen LogP) is 1.98. The van der Waals surface area contributed by atoms with Crippen LogP contribution in [-0.4, -0.2) is 21.3 Å². The first-order chi connectivity index (χ1) is 9.06. The number of benzene rings is 1. The zero-order chi connectivity index (χ0) is 13.6. The molecule has 1 aliphatic heterocycles. The molecule has 2 aliphatic rings. The summed E-state index contributed by atoms with van der Waals surface area (Å²) in [6, 6.07) is 4.73. The lowest BCUT2D eigenvalue weighted by Gasteiger charge is -2.15. The minimum atomic E-state index is -0.422. The molecular formula is C12H10N2O4S. The van der Waals surface area contributed by atoms with Gasteiger partial charge < -0.3 is 0 Å². The molecule has 1 unspecified atom stereocenters. The Bertz CT molecular complexity index is 601. The van der Waals surface area contributed by atoms with E-state index in [1.165, 1.54) is 6.07 Å². The number of carbonyl (C=O) groups is 2. The normalized spacial score (nSPS) is 25.3. The molecule has 6 nitrogen and oxygen atoms in total. The van der Waals surface area contributed by atoms with Crippen molar-refractivity contribution < 1.29 is 14.5 Å². The highest BCUT2D eigenvalue weighted by Crippen LogP contribution is 2.42. The van der Waals surface area contributed by atoms with E-state index in [0.29, 0.717) is 6.42 Å². The molecule has 0 radical (unpaired) electrons. The number of carbonyl (C=O) groups excluding carboxylic acids is 2. The van der Waals surface area contributed by atoms with Crippen LogP contribution in [0.1, 0.15) is 23.5 Å². The Morgan fingerprint density at radius 3 is 2.79 bits per heavy atom. The molecule has 3 rings (SSSR count). The molecule has 0 bridgehead atoms. The minimum absolute atomic E-state index is 0.0349. The molecule has 0 spiro atoms. The molecular weight excluding hydrogens is 268 g/mol. The summed E-state index contributed by atoms with van der Waals surface area (Å²) in [5, 5.41) is 12.3. The summed E-state index contributed by atoms with van der Waals surface area (Å²) >= 11 is 1.01. The Morgan fingerprint density at radius 1 is 1.37 bits per heavy atom. The van der Waals surface area contributed by atoms with Crippen molar-refractivity contribution in [1.82, 2.24) is 5.32 Å². The van der Waals surface area contributed by atoms with Gasteiger partial charge in [-0.15, -0.1) is 0 Å². The van der Waals surface area contributed by atoms with Crippen LogP contribution in [0, 0.1) is 10.1 Å². The molecule has 0 saturated carbocycles. The summed E-state index contributed by atoms with van der Waals surface area (Å²) in [5.41, 5.74) is 1.93. The van der Waals surface area contributed by atoms with Gasteiger partial charge in [-0.1, -0.05) is 17.8 Å². The second-order valence-corrected chi connectivity index (χ2v) is 5.71. The van der Waals surface area contributed by atoms with Gasteiger partial charge in [0, 0.05) is 18.1 Å². The quantitative estimate of drug-likeness (QED) is 0.660. The van der Waals surface area contributed by atoms with Crippen molar-refractivity contribution in [2.24, 2.45) is 0 Å². The fourth-order valence-electron chi connectivity index (χ4n) is 2.70. The summed E-state index contributed by atoms with van der Waals surface area (Å²) < 4.78 is 0. The minimum Gasteiger partial charge on any atom is -0.286 e. The van der Waals surface area contributed by atoms with E-state index in [1.54, 1.807) is 12.1 Å². The van der Waals surface area contributed by atoms with Crippen LogP contribution in [0.3, 0.4) is 0 Å². The van der Waals surface area contributed by atoms with E-state index < -0.39 is 10.2 Å². The number of nitrogens with one attached hydrogen (secondary N) is 1. The van der Waals surface area contributed by atoms with Gasteiger partial charge >= 0.3 is 0 Å². The number of hydrogen-bond donors (Lipinski definition) is 1. The van der Waals surface area contributed by atoms with Crippen LogP contribution in [0.25, 0.3) is 0 Å². The zero-order valence-electron chi connectivity index (χ0n) is 9.79. The third-order valence-electron chi connectivity index (χ3n) is 3.54. The number of fused-ring (bicyclic) bond motifs is 1. The van der Waals surface area contributed by atoms with Crippen LogP contribution < -0.4 is 5.32 Å². The number of nitro benzene ring substituents is 1. The SMILES string of the molecule is O=C1NC(=O)C([C@@H]2CCc3cc([N+](=O)[O-])ccc32)S1. The van der Waals surface area contributed by atoms with Crippen LogP contribution in [0.15, 0.2) is 18.2 Å². The van der Waals surface area contributed by atoms with Crippen LogP contribution in [0.2, 0.25) is 0 Å². The lowest BCUT2D eigenvalue weighted by molar-refractivity contribution is -0.384. The van der Waals surface area contributed by atoms with E-state index in [9.17, 15) is 19.7 Å². The van der Waals surface area contributed by atoms with Gasteiger partial charge in [-0.3, -0.25) is 25.0 Å². The highest BCUT2D eigenvalue weighted by atomic mass is 32.2. The van der Waals surface area contributed by atoms with E-state index in [1.807, 2.05) is 0 Å². The topological polar surface area (TPSA) is 89.3 Å². The molecule has 1 heterocycles. The number of imide groups is 1. The second kappa shape index (κ2) is 4.34.